The summed E-state index contributed by atoms with van der Waals surface area (Å²) in [6.07, 6.45) is -0.0932. The molecule has 0 unspecified atom stereocenters. The van der Waals surface area contributed by atoms with Crippen LogP contribution in [-0.4, -0.2) is 27.9 Å². The molecule has 0 radical (unpaired) electrons. The fourth-order valence-corrected chi connectivity index (χ4v) is 2.08. The molecule has 1 saturated heterocycles. The molecule has 3 rings (SSSR count). The van der Waals surface area contributed by atoms with Crippen LogP contribution in [0.25, 0.3) is 11.4 Å². The van der Waals surface area contributed by atoms with Gasteiger partial charge in [-0.1, -0.05) is 5.16 Å². The fourth-order valence-electron chi connectivity index (χ4n) is 2.08. The molecule has 0 aliphatic carbocycles. The van der Waals surface area contributed by atoms with Crippen LogP contribution in [0.2, 0.25) is 0 Å². The Morgan fingerprint density at radius 1 is 1.25 bits per heavy atom. The van der Waals surface area contributed by atoms with E-state index in [-0.39, 0.29) is 23.3 Å². The summed E-state index contributed by atoms with van der Waals surface area (Å²) in [5.74, 6) is -4.01. The number of hydrogen-bond donors (Lipinski definition) is 2. The van der Waals surface area contributed by atoms with Gasteiger partial charge in [0.15, 0.2) is 17.5 Å². The first-order chi connectivity index (χ1) is 9.54. The molecule has 0 amide bonds. The number of aliphatic hydroxyl groups excluding tert-OH is 1. The van der Waals surface area contributed by atoms with Crippen molar-refractivity contribution < 1.29 is 22.8 Å². The van der Waals surface area contributed by atoms with Gasteiger partial charge in [0.05, 0.1) is 12.1 Å². The Labute approximate surface area is 111 Å². The minimum atomic E-state index is -1.54. The topological polar surface area (TPSA) is 71.2 Å². The van der Waals surface area contributed by atoms with Crippen molar-refractivity contribution in [1.29, 1.82) is 0 Å². The summed E-state index contributed by atoms with van der Waals surface area (Å²) >= 11 is 0. The van der Waals surface area contributed by atoms with Gasteiger partial charge in [0.1, 0.15) is 0 Å². The van der Waals surface area contributed by atoms with Crippen LogP contribution in [0.4, 0.5) is 13.2 Å². The zero-order chi connectivity index (χ0) is 14.3. The molecule has 20 heavy (non-hydrogen) atoms. The van der Waals surface area contributed by atoms with E-state index in [1.54, 1.807) is 0 Å². The number of rotatable bonds is 2. The van der Waals surface area contributed by atoms with Gasteiger partial charge in [-0.2, -0.15) is 4.98 Å². The summed E-state index contributed by atoms with van der Waals surface area (Å²) in [5, 5.41) is 16.0. The van der Waals surface area contributed by atoms with Gasteiger partial charge in [-0.05, 0) is 18.6 Å². The summed E-state index contributed by atoms with van der Waals surface area (Å²) in [6, 6.07) is 1.29. The summed E-state index contributed by atoms with van der Waals surface area (Å²) < 4.78 is 44.1. The van der Waals surface area contributed by atoms with Crippen molar-refractivity contribution in [2.24, 2.45) is 0 Å². The van der Waals surface area contributed by atoms with E-state index in [0.717, 1.165) is 12.1 Å². The van der Waals surface area contributed by atoms with E-state index in [1.807, 2.05) is 0 Å². The fraction of sp³-hybridized carbons (Fsp3) is 0.333. The predicted molar refractivity (Wildman–Crippen MR) is 61.0 cm³/mol. The van der Waals surface area contributed by atoms with Gasteiger partial charge in [0.25, 0.3) is 0 Å². The quantitative estimate of drug-likeness (QED) is 0.819. The van der Waals surface area contributed by atoms with Gasteiger partial charge in [-0.25, -0.2) is 13.2 Å². The zero-order valence-electron chi connectivity index (χ0n) is 10.1. The Morgan fingerprint density at radius 3 is 2.55 bits per heavy atom. The Hall–Kier alpha value is -1.93. The first kappa shape index (κ1) is 13.1. The van der Waals surface area contributed by atoms with Crippen LogP contribution in [0.5, 0.6) is 0 Å². The molecule has 1 aromatic heterocycles. The Bertz CT molecular complexity index is 624. The molecule has 1 aromatic carbocycles. The SMILES string of the molecule is O[C@@H]1CN[C@@H](c2nc(-c3cc(F)c(F)c(F)c3)no2)C1. The van der Waals surface area contributed by atoms with E-state index in [0.29, 0.717) is 13.0 Å². The van der Waals surface area contributed by atoms with E-state index in [1.165, 1.54) is 0 Å². The monoisotopic (exact) mass is 285 g/mol. The van der Waals surface area contributed by atoms with Crippen molar-refractivity contribution in [1.82, 2.24) is 15.5 Å². The van der Waals surface area contributed by atoms with Crippen LogP contribution in [0.1, 0.15) is 18.4 Å². The third-order valence-corrected chi connectivity index (χ3v) is 3.09. The second kappa shape index (κ2) is 4.88. The molecular formula is C12H10F3N3O2. The number of aliphatic hydroxyl groups is 1. The average molecular weight is 285 g/mol. The highest BCUT2D eigenvalue weighted by atomic mass is 19.2. The third kappa shape index (κ3) is 2.27. The molecule has 1 aliphatic rings. The predicted octanol–water partition coefficient (Wildman–Crippen LogP) is 1.55. The highest BCUT2D eigenvalue weighted by Crippen LogP contribution is 2.26. The first-order valence-corrected chi connectivity index (χ1v) is 5.94. The number of β-amino-alcohol motifs (C(OH)–C–C–N with tert-alkyl or cyclic N) is 1. The van der Waals surface area contributed by atoms with E-state index in [2.05, 4.69) is 15.5 Å². The highest BCUT2D eigenvalue weighted by molar-refractivity contribution is 5.54. The standard InChI is InChI=1S/C12H10F3N3O2/c13-7-1-5(2-8(14)10(7)15)11-17-12(20-18-11)9-3-6(19)4-16-9/h1-2,6,9,16,19H,3-4H2/t6-,9+/m0/s1. The summed E-state index contributed by atoms with van der Waals surface area (Å²) in [7, 11) is 0. The number of hydrogen-bond acceptors (Lipinski definition) is 5. The minimum Gasteiger partial charge on any atom is -0.392 e. The maximum atomic E-state index is 13.1. The molecule has 2 N–H and O–H groups in total. The van der Waals surface area contributed by atoms with Crippen molar-refractivity contribution in [2.75, 3.05) is 6.54 Å². The van der Waals surface area contributed by atoms with Crippen molar-refractivity contribution in [3.8, 4) is 11.4 Å². The van der Waals surface area contributed by atoms with Crippen LogP contribution in [-0.2, 0) is 0 Å². The lowest BCUT2D eigenvalue weighted by Crippen LogP contribution is -2.15. The zero-order valence-corrected chi connectivity index (χ0v) is 10.1. The van der Waals surface area contributed by atoms with E-state index >= 15 is 0 Å². The number of nitrogens with zero attached hydrogens (tertiary/aromatic N) is 2. The lowest BCUT2D eigenvalue weighted by Gasteiger charge is -2.01. The molecule has 0 saturated carbocycles. The highest BCUT2D eigenvalue weighted by Gasteiger charge is 2.28. The maximum absolute atomic E-state index is 13.1. The Kier molecular flexibility index (Phi) is 3.19. The molecule has 0 bridgehead atoms. The van der Waals surface area contributed by atoms with Gasteiger partial charge < -0.3 is 14.9 Å². The van der Waals surface area contributed by atoms with Crippen molar-refractivity contribution >= 4 is 0 Å². The van der Waals surface area contributed by atoms with Gasteiger partial charge in [-0.15, -0.1) is 0 Å². The maximum Gasteiger partial charge on any atom is 0.244 e. The summed E-state index contributed by atoms with van der Waals surface area (Å²) in [6.45, 7) is 0.405. The molecule has 2 atom stereocenters. The van der Waals surface area contributed by atoms with E-state index < -0.39 is 23.6 Å². The normalized spacial score (nSPS) is 22.4. The molecule has 106 valence electrons. The number of halogens is 3. The lowest BCUT2D eigenvalue weighted by molar-refractivity contribution is 0.191. The van der Waals surface area contributed by atoms with Gasteiger partial charge in [-0.3, -0.25) is 0 Å². The van der Waals surface area contributed by atoms with Crippen LogP contribution in [0.3, 0.4) is 0 Å². The molecule has 1 fully saturated rings. The van der Waals surface area contributed by atoms with Crippen LogP contribution < -0.4 is 5.32 Å². The number of benzene rings is 1. The molecule has 5 nitrogen and oxygen atoms in total. The van der Waals surface area contributed by atoms with Gasteiger partial charge in [0.2, 0.25) is 11.7 Å². The second-order valence-electron chi connectivity index (χ2n) is 4.56. The van der Waals surface area contributed by atoms with Crippen molar-refractivity contribution in [3.05, 3.63) is 35.5 Å². The lowest BCUT2D eigenvalue weighted by atomic mass is 10.2. The molecule has 2 aromatic rings. The Balaban J connectivity index is 1.90. The number of aromatic nitrogens is 2. The van der Waals surface area contributed by atoms with Crippen LogP contribution >= 0.6 is 0 Å². The number of nitrogens with one attached hydrogen (secondary N) is 1. The van der Waals surface area contributed by atoms with Crippen LogP contribution in [0.15, 0.2) is 16.7 Å². The third-order valence-electron chi connectivity index (χ3n) is 3.09. The summed E-state index contributed by atoms with van der Waals surface area (Å²) in [5.41, 5.74) is -0.0186. The largest absolute Gasteiger partial charge is 0.392 e. The van der Waals surface area contributed by atoms with Gasteiger partial charge >= 0.3 is 0 Å². The molecule has 0 spiro atoms. The second-order valence-corrected chi connectivity index (χ2v) is 4.56. The molecule has 8 heteroatoms. The van der Waals surface area contributed by atoms with E-state index in [9.17, 15) is 18.3 Å². The van der Waals surface area contributed by atoms with Crippen molar-refractivity contribution in [2.45, 2.75) is 18.6 Å². The first-order valence-electron chi connectivity index (χ1n) is 5.94. The smallest absolute Gasteiger partial charge is 0.244 e. The summed E-state index contributed by atoms with van der Waals surface area (Å²) in [4.78, 5) is 4.00. The molecule has 2 heterocycles. The molecule has 1 aliphatic heterocycles. The molecular weight excluding hydrogens is 275 g/mol. The Morgan fingerprint density at radius 2 is 1.95 bits per heavy atom. The van der Waals surface area contributed by atoms with Crippen molar-refractivity contribution in [3.63, 3.8) is 0 Å². The average Bonchev–Trinajstić information content (AvgIpc) is 3.03. The van der Waals surface area contributed by atoms with Crippen LogP contribution in [0, 0.1) is 17.5 Å². The minimum absolute atomic E-state index is 0.0186. The van der Waals surface area contributed by atoms with Gasteiger partial charge in [0, 0.05) is 12.1 Å². The van der Waals surface area contributed by atoms with E-state index in [4.69, 9.17) is 4.52 Å².